The van der Waals surface area contributed by atoms with Crippen LogP contribution in [0.3, 0.4) is 0 Å². The second kappa shape index (κ2) is 9.02. The summed E-state index contributed by atoms with van der Waals surface area (Å²) in [6.45, 7) is 8.38. The van der Waals surface area contributed by atoms with Crippen LogP contribution in [-0.4, -0.2) is 44.1 Å². The van der Waals surface area contributed by atoms with Crippen LogP contribution in [0.15, 0.2) is 58.6 Å². The summed E-state index contributed by atoms with van der Waals surface area (Å²) >= 11 is 1.72. The number of hydrogen-bond donors (Lipinski definition) is 2. The first-order valence-corrected chi connectivity index (χ1v) is 13.4. The Bertz CT molecular complexity index is 1610. The maximum absolute atomic E-state index is 13.4. The second-order valence-corrected chi connectivity index (χ2v) is 11.2. The molecule has 2 aromatic heterocycles. The number of hydrogen-bond acceptors (Lipinski definition) is 8. The number of phenolic OH excluding ortho intramolecular Hbond substituents is 1. The monoisotopic (exact) mass is 524 g/mol. The Kier molecular flexibility index (Phi) is 5.75. The molecule has 0 amide bonds. The average molecular weight is 525 g/mol. The number of nitrogens with one attached hydrogen (secondary N) is 1. The number of rotatable bonds is 6. The number of carbonyl (C=O) groups excluding carboxylic acids is 1. The Morgan fingerprint density at radius 3 is 2.61 bits per heavy atom. The second-order valence-electron chi connectivity index (χ2n) is 10.0. The van der Waals surface area contributed by atoms with Gasteiger partial charge >= 0.3 is 0 Å². The van der Waals surface area contributed by atoms with E-state index >= 15 is 0 Å². The third-order valence-electron chi connectivity index (χ3n) is 7.43. The molecule has 9 heteroatoms. The summed E-state index contributed by atoms with van der Waals surface area (Å²) < 4.78 is 2.11. The number of aliphatic imine (C=N–C) groups is 1. The molecule has 192 valence electrons. The van der Waals surface area contributed by atoms with Crippen LogP contribution in [0.4, 0.5) is 0 Å². The van der Waals surface area contributed by atoms with E-state index in [1.54, 1.807) is 41.8 Å². The summed E-state index contributed by atoms with van der Waals surface area (Å²) in [6, 6.07) is 15.1. The molecule has 8 nitrogen and oxygen atoms in total. The molecule has 1 spiro atoms. The molecule has 1 aliphatic heterocycles. The lowest BCUT2D eigenvalue weighted by atomic mass is 9.98. The van der Waals surface area contributed by atoms with Crippen molar-refractivity contribution in [2.45, 2.75) is 39.7 Å². The van der Waals surface area contributed by atoms with Gasteiger partial charge in [0.1, 0.15) is 22.1 Å². The molecule has 3 heterocycles. The summed E-state index contributed by atoms with van der Waals surface area (Å²) in [5.41, 5.74) is 8.34. The van der Waals surface area contributed by atoms with Crippen LogP contribution in [0.5, 0.6) is 5.75 Å². The minimum Gasteiger partial charge on any atom is -0.508 e. The standard InChI is InChI=1S/C29H28N6O2S/c1-16-5-9-21(10-6-16)26-25-17(2)18(3)38-27(25)35-19(4)33-34-28(35)29(32-26)13-23(29)24(37)15-31-30-14-20-7-11-22(36)12-8-20/h5-12,14,23,31,36H,13,15H2,1-4H3/b30-14+/t23-,29?/m0/s1. The van der Waals surface area contributed by atoms with Crippen LogP contribution in [0.2, 0.25) is 0 Å². The van der Waals surface area contributed by atoms with Gasteiger partial charge in [0.15, 0.2) is 11.6 Å². The van der Waals surface area contributed by atoms with Crippen molar-refractivity contribution in [1.29, 1.82) is 0 Å². The SMILES string of the molecule is Cc1ccc(C2=NC3(C[C@H]3C(=O)CN/N=C/c3ccc(O)cc3)c3nnc(C)n3-c3sc(C)c(C)c32)cc1. The smallest absolute Gasteiger partial charge is 0.167 e. The summed E-state index contributed by atoms with van der Waals surface area (Å²) in [6.07, 6.45) is 2.20. The van der Waals surface area contributed by atoms with E-state index in [-0.39, 0.29) is 24.0 Å². The average Bonchev–Trinajstić information content (AvgIpc) is 3.43. The molecule has 1 saturated carbocycles. The van der Waals surface area contributed by atoms with Gasteiger partial charge in [0, 0.05) is 16.0 Å². The molecule has 2 aliphatic rings. The van der Waals surface area contributed by atoms with E-state index in [1.807, 2.05) is 6.92 Å². The lowest BCUT2D eigenvalue weighted by Gasteiger charge is -2.13. The fraction of sp³-hybridized carbons (Fsp3) is 0.276. The van der Waals surface area contributed by atoms with Crippen LogP contribution in [-0.2, 0) is 10.3 Å². The van der Waals surface area contributed by atoms with Crippen molar-refractivity contribution in [3.63, 3.8) is 0 Å². The fourth-order valence-electron chi connectivity index (χ4n) is 5.09. The van der Waals surface area contributed by atoms with Gasteiger partial charge < -0.3 is 10.5 Å². The van der Waals surface area contributed by atoms with E-state index in [0.717, 1.165) is 39.1 Å². The van der Waals surface area contributed by atoms with Crippen molar-refractivity contribution in [1.82, 2.24) is 20.2 Å². The Labute approximate surface area is 224 Å². The zero-order valence-electron chi connectivity index (χ0n) is 21.7. The largest absolute Gasteiger partial charge is 0.508 e. The van der Waals surface area contributed by atoms with Crippen molar-refractivity contribution in [3.05, 3.63) is 92.9 Å². The van der Waals surface area contributed by atoms with E-state index in [0.29, 0.717) is 6.42 Å². The molecular weight excluding hydrogens is 496 g/mol. The fourth-order valence-corrected chi connectivity index (χ4v) is 6.29. The lowest BCUT2D eigenvalue weighted by Crippen LogP contribution is -2.25. The molecule has 2 atom stereocenters. The number of hydrazone groups is 1. The molecule has 2 aromatic carbocycles. The molecule has 0 saturated heterocycles. The molecule has 1 aliphatic carbocycles. The zero-order chi connectivity index (χ0) is 26.6. The maximum Gasteiger partial charge on any atom is 0.167 e. The van der Waals surface area contributed by atoms with E-state index in [1.165, 1.54) is 16.0 Å². The molecular formula is C29H28N6O2S. The van der Waals surface area contributed by atoms with Gasteiger partial charge in [-0.1, -0.05) is 29.8 Å². The van der Waals surface area contributed by atoms with Crippen LogP contribution >= 0.6 is 11.3 Å². The van der Waals surface area contributed by atoms with Crippen LogP contribution in [0.1, 0.15) is 50.8 Å². The molecule has 38 heavy (non-hydrogen) atoms. The maximum atomic E-state index is 13.4. The number of fused-ring (bicyclic) bond motifs is 4. The van der Waals surface area contributed by atoms with Gasteiger partial charge in [0.25, 0.3) is 0 Å². The normalized spacial score (nSPS) is 19.7. The molecule has 2 N–H and O–H groups in total. The van der Waals surface area contributed by atoms with Gasteiger partial charge in [-0.3, -0.25) is 14.4 Å². The van der Waals surface area contributed by atoms with Crippen LogP contribution in [0, 0.1) is 33.6 Å². The predicted molar refractivity (Wildman–Crippen MR) is 149 cm³/mol. The number of Topliss-reactive ketones (excluding diaryl/α,β-unsaturated/α-hetero) is 1. The molecule has 0 radical (unpaired) electrons. The number of ketones is 1. The van der Waals surface area contributed by atoms with Gasteiger partial charge in [-0.05, 0) is 69.5 Å². The van der Waals surface area contributed by atoms with Crippen molar-refractivity contribution >= 4 is 29.0 Å². The zero-order valence-corrected chi connectivity index (χ0v) is 22.5. The van der Waals surface area contributed by atoms with Gasteiger partial charge in [0.05, 0.1) is 24.4 Å². The minimum atomic E-state index is -0.764. The summed E-state index contributed by atoms with van der Waals surface area (Å²) in [5.74, 6) is 1.42. The topological polar surface area (TPSA) is 105 Å². The quantitative estimate of drug-likeness (QED) is 0.285. The highest BCUT2D eigenvalue weighted by atomic mass is 32.1. The number of carbonyl (C=O) groups is 1. The Balaban J connectivity index is 1.36. The molecule has 1 unspecified atom stereocenters. The minimum absolute atomic E-state index is 0.0326. The Morgan fingerprint density at radius 2 is 1.87 bits per heavy atom. The summed E-state index contributed by atoms with van der Waals surface area (Å²) in [7, 11) is 0. The first kappa shape index (κ1) is 24.2. The first-order chi connectivity index (χ1) is 18.3. The molecule has 4 aromatic rings. The van der Waals surface area contributed by atoms with Crippen LogP contribution < -0.4 is 5.43 Å². The highest BCUT2D eigenvalue weighted by Gasteiger charge is 2.63. The van der Waals surface area contributed by atoms with E-state index < -0.39 is 5.54 Å². The highest BCUT2D eigenvalue weighted by Crippen LogP contribution is 2.58. The summed E-state index contributed by atoms with van der Waals surface area (Å²) in [4.78, 5) is 20.0. The van der Waals surface area contributed by atoms with Crippen molar-refractivity contribution in [2.75, 3.05) is 6.54 Å². The van der Waals surface area contributed by atoms with Gasteiger partial charge in [-0.2, -0.15) is 5.10 Å². The number of nitrogens with zero attached hydrogens (tertiary/aromatic N) is 5. The molecule has 0 bridgehead atoms. The Hall–Kier alpha value is -4.11. The van der Waals surface area contributed by atoms with Gasteiger partial charge in [0.2, 0.25) is 0 Å². The Morgan fingerprint density at radius 1 is 1.13 bits per heavy atom. The van der Waals surface area contributed by atoms with Gasteiger partial charge in [-0.15, -0.1) is 21.5 Å². The van der Waals surface area contributed by atoms with Crippen LogP contribution in [0.25, 0.3) is 5.00 Å². The predicted octanol–water partition coefficient (Wildman–Crippen LogP) is 4.53. The number of thiophene rings is 1. The third-order valence-corrected chi connectivity index (χ3v) is 8.62. The number of benzene rings is 2. The number of phenols is 1. The number of aromatic nitrogens is 3. The van der Waals surface area contributed by atoms with Crippen molar-refractivity contribution in [3.8, 4) is 10.8 Å². The highest BCUT2D eigenvalue weighted by molar-refractivity contribution is 7.15. The first-order valence-electron chi connectivity index (χ1n) is 12.6. The van der Waals surface area contributed by atoms with Crippen molar-refractivity contribution < 1.29 is 9.90 Å². The van der Waals surface area contributed by atoms with E-state index in [2.05, 4.69) is 70.3 Å². The van der Waals surface area contributed by atoms with E-state index in [4.69, 9.17) is 4.99 Å². The number of aryl methyl sites for hydroxylation is 3. The third kappa shape index (κ3) is 3.94. The van der Waals surface area contributed by atoms with E-state index in [9.17, 15) is 9.90 Å². The number of aromatic hydroxyl groups is 1. The summed E-state index contributed by atoms with van der Waals surface area (Å²) in [5, 5.41) is 23.7. The molecule has 6 rings (SSSR count). The lowest BCUT2D eigenvalue weighted by molar-refractivity contribution is -0.119. The van der Waals surface area contributed by atoms with Gasteiger partial charge in [-0.25, -0.2) is 0 Å². The molecule has 1 fully saturated rings. The van der Waals surface area contributed by atoms with Crippen molar-refractivity contribution in [2.24, 2.45) is 16.0 Å².